The molecule has 0 saturated carbocycles. The van der Waals surface area contributed by atoms with E-state index in [4.69, 9.17) is 15.2 Å². The third kappa shape index (κ3) is 17.5. The molecular weight excluding hydrogens is 1070 g/mol. The van der Waals surface area contributed by atoms with Crippen LogP contribution in [0.25, 0.3) is 0 Å². The van der Waals surface area contributed by atoms with Gasteiger partial charge in [0.25, 0.3) is 0 Å². The molecule has 18 nitrogen and oxygen atoms in total. The highest BCUT2D eigenvalue weighted by atomic mass is 127. The quantitative estimate of drug-likeness (QED) is 0.0625. The number of primary amides is 1. The van der Waals surface area contributed by atoms with E-state index in [0.29, 0.717) is 38.5 Å². The van der Waals surface area contributed by atoms with E-state index in [0.717, 1.165) is 5.56 Å². The summed E-state index contributed by atoms with van der Waals surface area (Å²) in [5, 5.41) is 35.8. The van der Waals surface area contributed by atoms with Gasteiger partial charge >= 0.3 is 12.1 Å². The summed E-state index contributed by atoms with van der Waals surface area (Å²) < 4.78 is 11.3. The fraction of sp³-hybridized carbons (Fsp3) is 0.578. The first-order chi connectivity index (χ1) is 30.4. The Balaban J connectivity index is 1.88. The molecule has 1 saturated heterocycles. The number of halogens is 2. The molecule has 6 amide bonds. The minimum atomic E-state index is -1.54. The van der Waals surface area contributed by atoms with Crippen LogP contribution >= 0.6 is 45.2 Å². The van der Waals surface area contributed by atoms with Gasteiger partial charge < -0.3 is 52.0 Å². The van der Waals surface area contributed by atoms with Gasteiger partial charge in [-0.1, -0.05) is 64.4 Å². The molecule has 0 spiro atoms. The second kappa shape index (κ2) is 25.6. The molecule has 0 aliphatic carbocycles. The van der Waals surface area contributed by atoms with Crippen LogP contribution in [-0.4, -0.2) is 125 Å². The number of hydrogen-bond acceptors (Lipinski definition) is 12. The Bertz CT molecular complexity index is 1960. The molecule has 1 heterocycles. The highest BCUT2D eigenvalue weighted by Crippen LogP contribution is 2.28. The van der Waals surface area contributed by atoms with Crippen LogP contribution in [0.3, 0.4) is 0 Å². The van der Waals surface area contributed by atoms with Gasteiger partial charge in [-0.25, -0.2) is 9.59 Å². The molecule has 2 aromatic carbocycles. The van der Waals surface area contributed by atoms with Crippen molar-refractivity contribution in [2.45, 2.75) is 135 Å². The number of likely N-dealkylation sites (tertiary alicyclic amines) is 1. The SMILES string of the molecule is CCC(C)[C@H](NC(=O)[C@@H]1CCCN1CC(O)[C@H](Cc1ccccc1)NC(=O)[C@H](CC(N)=O)NC(=O)[C@H](Cc1cc(I)c(O)c(I)c1)NC(=O)OC(C)(C)C)C(=O)N[C@H](C(=O)OC)C(C)C. The lowest BCUT2D eigenvalue weighted by Gasteiger charge is -2.33. The van der Waals surface area contributed by atoms with E-state index in [1.165, 1.54) is 7.11 Å². The summed E-state index contributed by atoms with van der Waals surface area (Å²) in [6, 6.07) is 5.80. The fourth-order valence-corrected chi connectivity index (χ4v) is 9.17. The van der Waals surface area contributed by atoms with Gasteiger partial charge in [0.2, 0.25) is 29.5 Å². The fourth-order valence-electron chi connectivity index (χ4n) is 7.28. The number of β-amino-alcohol motifs (C(OH)–C–C–N with tert-alkyl or cyclic N) is 1. The van der Waals surface area contributed by atoms with Crippen LogP contribution in [0.4, 0.5) is 4.79 Å². The maximum atomic E-state index is 14.2. The molecule has 2 unspecified atom stereocenters. The molecule has 1 aliphatic heterocycles. The number of ether oxygens (including phenoxy) is 2. The number of nitrogens with one attached hydrogen (secondary N) is 5. The maximum absolute atomic E-state index is 14.2. The highest BCUT2D eigenvalue weighted by Gasteiger charge is 2.39. The van der Waals surface area contributed by atoms with Gasteiger partial charge in [-0.2, -0.15) is 0 Å². The largest absolute Gasteiger partial charge is 0.506 e. The molecule has 1 fully saturated rings. The van der Waals surface area contributed by atoms with E-state index < -0.39 is 96.0 Å². The lowest BCUT2D eigenvalue weighted by molar-refractivity contribution is -0.147. The van der Waals surface area contributed by atoms with E-state index in [1.54, 1.807) is 63.8 Å². The summed E-state index contributed by atoms with van der Waals surface area (Å²) in [5.74, 6) is -4.68. The number of esters is 1. The van der Waals surface area contributed by atoms with Gasteiger partial charge in [0.15, 0.2) is 0 Å². The van der Waals surface area contributed by atoms with Crippen molar-refractivity contribution in [2.75, 3.05) is 20.2 Å². The number of alkyl carbamates (subject to hydrolysis) is 1. The molecule has 65 heavy (non-hydrogen) atoms. The molecule has 2 aromatic rings. The van der Waals surface area contributed by atoms with Crippen LogP contribution < -0.4 is 32.3 Å². The van der Waals surface area contributed by atoms with E-state index >= 15 is 0 Å². The molecule has 20 heteroatoms. The standard InChI is InChI=1S/C45H65I2N7O11/c1-9-25(4)37(42(61)52-36(24(2)3)43(62)64-8)53-41(60)33-16-13-17-54(33)23-34(55)30(20-26-14-11-10-12-15-26)49-40(59)32(22-35(48)56)50-39(58)31(51-44(63)65-45(5,6)7)21-27-18-28(46)38(57)29(47)19-27/h10-12,14-15,18-19,24-25,30-34,36-37,55,57H,9,13,16-17,20-23H2,1-8H3,(H2,48,56)(H,49,59)(H,50,58)(H,51,63)(H,52,61)(H,53,60)/t25?,30-,31-,32-,33-,34?,36-,37-/m0/s1. The number of aliphatic hydroxyl groups is 1. The minimum absolute atomic E-state index is 0.0539. The van der Waals surface area contributed by atoms with Crippen molar-refractivity contribution < 1.29 is 53.2 Å². The summed E-state index contributed by atoms with van der Waals surface area (Å²) in [6.07, 6.45) is -1.23. The van der Waals surface area contributed by atoms with Gasteiger partial charge in [0.05, 0.1) is 38.9 Å². The molecule has 8 atom stereocenters. The molecule has 9 N–H and O–H groups in total. The highest BCUT2D eigenvalue weighted by molar-refractivity contribution is 14.1. The molecule has 0 bridgehead atoms. The topological polar surface area (TPSA) is 268 Å². The number of methoxy groups -OCH3 is 1. The predicted molar refractivity (Wildman–Crippen MR) is 259 cm³/mol. The van der Waals surface area contributed by atoms with Crippen molar-refractivity contribution in [3.05, 3.63) is 60.7 Å². The Morgan fingerprint density at radius 2 is 1.46 bits per heavy atom. The number of carbonyl (C=O) groups is 7. The molecular formula is C45H65I2N7O11. The van der Waals surface area contributed by atoms with Crippen LogP contribution in [-0.2, 0) is 51.1 Å². The number of phenols is 1. The Kier molecular flexibility index (Phi) is 21.7. The van der Waals surface area contributed by atoms with Crippen molar-refractivity contribution in [3.8, 4) is 5.75 Å². The number of benzene rings is 2. The van der Waals surface area contributed by atoms with Crippen LogP contribution in [0.1, 0.15) is 85.3 Å². The number of nitrogens with two attached hydrogens (primary N) is 1. The zero-order valence-electron chi connectivity index (χ0n) is 38.2. The summed E-state index contributed by atoms with van der Waals surface area (Å²) in [4.78, 5) is 95.3. The Labute approximate surface area is 408 Å². The van der Waals surface area contributed by atoms with Crippen molar-refractivity contribution in [2.24, 2.45) is 17.6 Å². The lowest BCUT2D eigenvalue weighted by atomic mass is 9.96. The summed E-state index contributed by atoms with van der Waals surface area (Å²) >= 11 is 3.89. The van der Waals surface area contributed by atoms with Gasteiger partial charge in [0.1, 0.15) is 35.5 Å². The maximum Gasteiger partial charge on any atom is 0.408 e. The normalized spacial score (nSPS) is 17.3. The van der Waals surface area contributed by atoms with Gasteiger partial charge in [-0.3, -0.25) is 28.9 Å². The van der Waals surface area contributed by atoms with Crippen LogP contribution in [0.2, 0.25) is 0 Å². The Morgan fingerprint density at radius 1 is 0.846 bits per heavy atom. The van der Waals surface area contributed by atoms with E-state index in [2.05, 4.69) is 26.6 Å². The monoisotopic (exact) mass is 1130 g/mol. The molecule has 0 aromatic heterocycles. The Hall–Kier alpha value is -4.29. The average molecular weight is 1130 g/mol. The molecule has 0 radical (unpaired) electrons. The number of aliphatic hydroxyl groups excluding tert-OH is 1. The second-order valence-corrected chi connectivity index (χ2v) is 20.0. The number of rotatable bonds is 22. The van der Waals surface area contributed by atoms with Crippen molar-refractivity contribution in [1.82, 2.24) is 31.5 Å². The smallest absolute Gasteiger partial charge is 0.408 e. The van der Waals surface area contributed by atoms with Crippen LogP contribution in [0, 0.1) is 19.0 Å². The van der Waals surface area contributed by atoms with Crippen molar-refractivity contribution in [1.29, 1.82) is 0 Å². The molecule has 360 valence electrons. The summed E-state index contributed by atoms with van der Waals surface area (Å²) in [6.45, 7) is 12.6. The second-order valence-electron chi connectivity index (χ2n) is 17.7. The first kappa shape index (κ1) is 55.0. The van der Waals surface area contributed by atoms with Crippen LogP contribution in [0.5, 0.6) is 5.75 Å². The van der Waals surface area contributed by atoms with Gasteiger partial charge in [0, 0.05) is 13.0 Å². The number of hydrogen-bond donors (Lipinski definition) is 8. The predicted octanol–water partition coefficient (Wildman–Crippen LogP) is 2.79. The lowest BCUT2D eigenvalue weighted by Crippen LogP contribution is -2.59. The number of phenolic OH excluding ortho intramolecular Hbond substituents is 1. The van der Waals surface area contributed by atoms with E-state index in [1.807, 2.05) is 77.2 Å². The molecule has 1 aliphatic rings. The van der Waals surface area contributed by atoms with Crippen LogP contribution in [0.15, 0.2) is 42.5 Å². The molecule has 3 rings (SSSR count). The zero-order chi connectivity index (χ0) is 48.8. The Morgan fingerprint density at radius 3 is 2.02 bits per heavy atom. The number of aromatic hydroxyl groups is 1. The van der Waals surface area contributed by atoms with Gasteiger partial charge in [-0.15, -0.1) is 0 Å². The van der Waals surface area contributed by atoms with Gasteiger partial charge in [-0.05, 0) is 127 Å². The summed E-state index contributed by atoms with van der Waals surface area (Å²) in [5.41, 5.74) is 5.99. The average Bonchev–Trinajstić information content (AvgIpc) is 3.69. The number of nitrogens with zero attached hydrogens (tertiary/aromatic N) is 1. The third-order valence-electron chi connectivity index (χ3n) is 11.0. The number of amides is 6. The first-order valence-electron chi connectivity index (χ1n) is 21.6. The number of carbonyl (C=O) groups excluding carboxylic acids is 7. The van der Waals surface area contributed by atoms with E-state index in [-0.39, 0.29) is 37.0 Å². The minimum Gasteiger partial charge on any atom is -0.506 e. The van der Waals surface area contributed by atoms with Crippen molar-refractivity contribution >= 4 is 86.8 Å². The first-order valence-corrected chi connectivity index (χ1v) is 23.8. The van der Waals surface area contributed by atoms with Crippen molar-refractivity contribution in [3.63, 3.8) is 0 Å². The third-order valence-corrected chi connectivity index (χ3v) is 12.6. The summed E-state index contributed by atoms with van der Waals surface area (Å²) in [7, 11) is 1.24. The van der Waals surface area contributed by atoms with E-state index in [9.17, 15) is 43.8 Å². The zero-order valence-corrected chi connectivity index (χ0v) is 42.6.